The molecule has 0 spiro atoms. The van der Waals surface area contributed by atoms with Crippen molar-refractivity contribution in [3.63, 3.8) is 0 Å². The highest BCUT2D eigenvalue weighted by atomic mass is 32.2. The lowest BCUT2D eigenvalue weighted by Crippen LogP contribution is -2.36. The third-order valence-corrected chi connectivity index (χ3v) is 4.56. The van der Waals surface area contributed by atoms with E-state index >= 15 is 0 Å². The number of hydrogen-bond donors (Lipinski definition) is 3. The number of hydrogen-bond acceptors (Lipinski definition) is 7. The van der Waals surface area contributed by atoms with Crippen LogP contribution >= 0.6 is 11.8 Å². The number of thioether (sulfide) groups is 1. The van der Waals surface area contributed by atoms with Gasteiger partial charge in [0.15, 0.2) is 0 Å². The van der Waals surface area contributed by atoms with Crippen LogP contribution in [-0.4, -0.2) is 43.8 Å². The van der Waals surface area contributed by atoms with E-state index in [-0.39, 0.29) is 17.1 Å². The second kappa shape index (κ2) is 5.89. The predicted octanol–water partition coefficient (Wildman–Crippen LogP) is 0.268. The van der Waals surface area contributed by atoms with E-state index in [1.165, 1.54) is 28.8 Å². The number of rotatable bonds is 4. The van der Waals surface area contributed by atoms with Crippen LogP contribution in [0.3, 0.4) is 0 Å². The molecule has 1 aromatic carbocycles. The normalized spacial score (nSPS) is 17.0. The van der Waals surface area contributed by atoms with Gasteiger partial charge in [-0.15, -0.1) is 10.2 Å². The third kappa shape index (κ3) is 2.74. The quantitative estimate of drug-likeness (QED) is 0.417. The van der Waals surface area contributed by atoms with E-state index in [4.69, 9.17) is 15.6 Å². The van der Waals surface area contributed by atoms with E-state index in [1.807, 2.05) is 0 Å². The maximum atomic E-state index is 11.2. The molecule has 0 aliphatic carbocycles. The SMILES string of the molecule is Nn1cnnc1SCC1Cc2cccc(C(=O)O)c2OB1O. The van der Waals surface area contributed by atoms with Gasteiger partial charge in [0.2, 0.25) is 5.16 Å². The van der Waals surface area contributed by atoms with Crippen LogP contribution in [0.25, 0.3) is 0 Å². The number of nitrogens with two attached hydrogens (primary N) is 1. The van der Waals surface area contributed by atoms with Crippen LogP contribution in [0.15, 0.2) is 29.7 Å². The van der Waals surface area contributed by atoms with Gasteiger partial charge in [-0.1, -0.05) is 23.9 Å². The molecule has 0 radical (unpaired) electrons. The zero-order valence-corrected chi connectivity index (χ0v) is 12.2. The van der Waals surface area contributed by atoms with Crippen LogP contribution in [0, 0.1) is 0 Å². The number of carbonyl (C=O) groups is 1. The Balaban J connectivity index is 1.76. The molecule has 2 aromatic rings. The van der Waals surface area contributed by atoms with Crippen molar-refractivity contribution in [2.45, 2.75) is 17.4 Å². The van der Waals surface area contributed by atoms with Crippen molar-refractivity contribution in [1.82, 2.24) is 14.9 Å². The summed E-state index contributed by atoms with van der Waals surface area (Å²) in [6.45, 7) is 0. The molecule has 0 amide bonds. The minimum atomic E-state index is -1.08. The Hall–Kier alpha value is -2.20. The van der Waals surface area contributed by atoms with Crippen molar-refractivity contribution >= 4 is 24.8 Å². The number of fused-ring (bicyclic) bond motifs is 1. The molecule has 8 nitrogen and oxygen atoms in total. The lowest BCUT2D eigenvalue weighted by atomic mass is 9.68. The molecule has 1 aliphatic rings. The highest BCUT2D eigenvalue weighted by Crippen LogP contribution is 2.36. The number of carboxylic acids is 1. The van der Waals surface area contributed by atoms with Crippen LogP contribution in [0.4, 0.5) is 0 Å². The number of nitrogens with zero attached hydrogens (tertiary/aromatic N) is 3. The molecule has 22 heavy (non-hydrogen) atoms. The lowest BCUT2D eigenvalue weighted by molar-refractivity contribution is 0.0694. The van der Waals surface area contributed by atoms with E-state index in [0.717, 1.165) is 5.56 Å². The fourth-order valence-electron chi connectivity index (χ4n) is 2.31. The molecule has 1 unspecified atom stereocenters. The molecular weight excluding hydrogens is 307 g/mol. The first-order valence-corrected chi connectivity index (χ1v) is 7.52. The van der Waals surface area contributed by atoms with Crippen LogP contribution < -0.4 is 10.5 Å². The third-order valence-electron chi connectivity index (χ3n) is 3.42. The second-order valence-corrected chi connectivity index (χ2v) is 5.89. The predicted molar refractivity (Wildman–Crippen MR) is 80.4 cm³/mol. The molecule has 1 atom stereocenters. The average Bonchev–Trinajstić information content (AvgIpc) is 2.89. The summed E-state index contributed by atoms with van der Waals surface area (Å²) >= 11 is 1.36. The molecule has 0 saturated carbocycles. The zero-order valence-electron chi connectivity index (χ0n) is 11.4. The Kier molecular flexibility index (Phi) is 3.95. The highest BCUT2D eigenvalue weighted by Gasteiger charge is 2.36. The van der Waals surface area contributed by atoms with Gasteiger partial charge >= 0.3 is 13.1 Å². The summed E-state index contributed by atoms with van der Waals surface area (Å²) in [7, 11) is -1.07. The van der Waals surface area contributed by atoms with Gasteiger partial charge in [-0.3, -0.25) is 0 Å². The summed E-state index contributed by atoms with van der Waals surface area (Å²) in [5, 5.41) is 27.3. The van der Waals surface area contributed by atoms with Crippen molar-refractivity contribution in [3.8, 4) is 5.75 Å². The number of aromatic carboxylic acids is 1. The van der Waals surface area contributed by atoms with E-state index in [0.29, 0.717) is 17.3 Å². The Labute approximate surface area is 130 Å². The van der Waals surface area contributed by atoms with Gasteiger partial charge < -0.3 is 20.6 Å². The van der Waals surface area contributed by atoms with Crippen LogP contribution in [0.1, 0.15) is 15.9 Å². The number of para-hydroxylation sites is 1. The van der Waals surface area contributed by atoms with Crippen LogP contribution in [0.5, 0.6) is 5.75 Å². The van der Waals surface area contributed by atoms with E-state index in [1.54, 1.807) is 12.1 Å². The fraction of sp³-hybridized carbons (Fsp3) is 0.250. The van der Waals surface area contributed by atoms with Crippen molar-refractivity contribution in [2.75, 3.05) is 11.6 Å². The van der Waals surface area contributed by atoms with Gasteiger partial charge in [-0.05, 0) is 18.1 Å². The first-order valence-electron chi connectivity index (χ1n) is 6.54. The minimum absolute atomic E-state index is 0.0596. The maximum absolute atomic E-state index is 11.2. The summed E-state index contributed by atoms with van der Waals surface area (Å²) in [5.41, 5.74) is 0.828. The van der Waals surface area contributed by atoms with E-state index in [9.17, 15) is 9.82 Å². The minimum Gasteiger partial charge on any atom is -0.535 e. The molecule has 0 fully saturated rings. The molecule has 10 heteroatoms. The van der Waals surface area contributed by atoms with Crippen molar-refractivity contribution in [1.29, 1.82) is 0 Å². The maximum Gasteiger partial charge on any atom is 0.527 e. The Morgan fingerprint density at radius 2 is 2.41 bits per heavy atom. The monoisotopic (exact) mass is 320 g/mol. The molecule has 4 N–H and O–H groups in total. The number of carboxylic acid groups (broad SMARTS) is 1. The van der Waals surface area contributed by atoms with Gasteiger partial charge in [-0.25, -0.2) is 9.47 Å². The lowest BCUT2D eigenvalue weighted by Gasteiger charge is -2.27. The Morgan fingerprint density at radius 3 is 3.09 bits per heavy atom. The highest BCUT2D eigenvalue weighted by molar-refractivity contribution is 7.99. The van der Waals surface area contributed by atoms with Crippen molar-refractivity contribution in [3.05, 3.63) is 35.7 Å². The Morgan fingerprint density at radius 1 is 1.59 bits per heavy atom. The average molecular weight is 320 g/mol. The molecule has 114 valence electrons. The van der Waals surface area contributed by atoms with Gasteiger partial charge in [0.25, 0.3) is 0 Å². The first-order chi connectivity index (χ1) is 10.6. The van der Waals surface area contributed by atoms with Gasteiger partial charge in [0, 0.05) is 11.6 Å². The van der Waals surface area contributed by atoms with Gasteiger partial charge in [0.1, 0.15) is 12.1 Å². The summed E-state index contributed by atoms with van der Waals surface area (Å²) in [6.07, 6.45) is 1.91. The fourth-order valence-corrected chi connectivity index (χ4v) is 3.26. The zero-order chi connectivity index (χ0) is 15.7. The standard InChI is InChI=1S/C12H13BN4O4S/c14-17-6-15-16-12(17)22-5-8-4-7-2-1-3-9(11(18)19)10(7)21-13(8)20/h1-3,6,8,20H,4-5,14H2,(H,18,19). The van der Waals surface area contributed by atoms with Gasteiger partial charge in [-0.2, -0.15) is 0 Å². The topological polar surface area (TPSA) is 123 Å². The molecule has 3 rings (SSSR count). The van der Waals surface area contributed by atoms with E-state index in [2.05, 4.69) is 10.2 Å². The summed E-state index contributed by atoms with van der Waals surface area (Å²) < 4.78 is 6.73. The second-order valence-electron chi connectivity index (χ2n) is 4.90. The number of aromatic nitrogens is 3. The van der Waals surface area contributed by atoms with Crippen LogP contribution in [0.2, 0.25) is 5.82 Å². The number of benzene rings is 1. The number of nitrogen functional groups attached to an aromatic ring is 1. The molecular formula is C12H13BN4O4S. The smallest absolute Gasteiger partial charge is 0.527 e. The largest absolute Gasteiger partial charge is 0.535 e. The summed E-state index contributed by atoms with van der Waals surface area (Å²) in [6, 6.07) is 4.93. The van der Waals surface area contributed by atoms with E-state index < -0.39 is 13.1 Å². The van der Waals surface area contributed by atoms with Crippen molar-refractivity contribution in [2.24, 2.45) is 0 Å². The van der Waals surface area contributed by atoms with Gasteiger partial charge in [0.05, 0.1) is 5.56 Å². The molecule has 1 aliphatic heterocycles. The molecule has 0 bridgehead atoms. The summed E-state index contributed by atoms with van der Waals surface area (Å²) in [4.78, 5) is 11.2. The molecule has 0 saturated heterocycles. The van der Waals surface area contributed by atoms with Crippen molar-refractivity contribution < 1.29 is 19.6 Å². The molecule has 1 aromatic heterocycles. The summed E-state index contributed by atoms with van der Waals surface area (Å²) in [5.74, 6) is 5.12. The first kappa shape index (κ1) is 14.7. The van der Waals surface area contributed by atoms with Crippen LogP contribution in [-0.2, 0) is 6.42 Å². The Bertz CT molecular complexity index is 710. The molecule has 2 heterocycles.